The third-order valence-corrected chi connectivity index (χ3v) is 3.17. The first-order valence-electron chi connectivity index (χ1n) is 6.83. The van der Waals surface area contributed by atoms with Crippen molar-refractivity contribution in [1.29, 1.82) is 0 Å². The van der Waals surface area contributed by atoms with Crippen molar-refractivity contribution >= 4 is 17.5 Å². The lowest BCUT2D eigenvalue weighted by Crippen LogP contribution is -2.10. The summed E-state index contributed by atoms with van der Waals surface area (Å²) in [5.41, 5.74) is 2.73. The molecule has 21 heavy (non-hydrogen) atoms. The highest BCUT2D eigenvalue weighted by atomic mass is 16.5. The van der Waals surface area contributed by atoms with Crippen molar-refractivity contribution in [1.82, 2.24) is 0 Å². The van der Waals surface area contributed by atoms with E-state index in [1.165, 1.54) is 0 Å². The maximum atomic E-state index is 11.7. The Kier molecular flexibility index (Phi) is 5.16. The molecule has 0 bridgehead atoms. The Hall–Kier alpha value is -2.55. The molecule has 1 N–H and O–H groups in total. The summed E-state index contributed by atoms with van der Waals surface area (Å²) >= 11 is 0. The van der Waals surface area contributed by atoms with Gasteiger partial charge in [-0.2, -0.15) is 0 Å². The van der Waals surface area contributed by atoms with Crippen LogP contribution in [0.15, 0.2) is 60.2 Å². The maximum absolute atomic E-state index is 11.7. The number of anilines is 1. The summed E-state index contributed by atoms with van der Waals surface area (Å²) < 4.78 is 5.12. The van der Waals surface area contributed by atoms with Gasteiger partial charge in [0.1, 0.15) is 5.75 Å². The van der Waals surface area contributed by atoms with Gasteiger partial charge in [0, 0.05) is 17.8 Å². The Morgan fingerprint density at radius 1 is 1.10 bits per heavy atom. The van der Waals surface area contributed by atoms with E-state index >= 15 is 0 Å². The number of hydrogen-bond donors (Lipinski definition) is 1. The summed E-state index contributed by atoms with van der Waals surface area (Å²) in [7, 11) is 1.64. The molecule has 0 aliphatic heterocycles. The number of carbonyl (C=O) groups excluding carboxylic acids is 1. The van der Waals surface area contributed by atoms with Gasteiger partial charge in [0.15, 0.2) is 5.78 Å². The highest BCUT2D eigenvalue weighted by molar-refractivity contribution is 5.98. The summed E-state index contributed by atoms with van der Waals surface area (Å²) in [6.07, 6.45) is 1.92. The fourth-order valence-corrected chi connectivity index (χ4v) is 1.93. The molecule has 2 aromatic rings. The monoisotopic (exact) mass is 281 g/mol. The largest absolute Gasteiger partial charge is 0.497 e. The highest BCUT2D eigenvalue weighted by Gasteiger charge is 2.04. The number of nitrogens with one attached hydrogen (secondary N) is 1. The number of Topliss-reactive ketones (excluding diaryl/α,β-unsaturated/α-hetero) is 1. The summed E-state index contributed by atoms with van der Waals surface area (Å²) in [6, 6.07) is 17.5. The number of ether oxygens (including phenoxy) is 1. The predicted molar refractivity (Wildman–Crippen MR) is 86.6 cm³/mol. The Labute approximate surface area is 125 Å². The van der Waals surface area contributed by atoms with Crippen LogP contribution in [0.3, 0.4) is 0 Å². The molecular weight excluding hydrogens is 262 g/mol. The summed E-state index contributed by atoms with van der Waals surface area (Å²) in [5, 5.41) is 3.25. The van der Waals surface area contributed by atoms with Gasteiger partial charge in [-0.05, 0) is 42.8 Å². The van der Waals surface area contributed by atoms with E-state index in [1.54, 1.807) is 14.0 Å². The van der Waals surface area contributed by atoms with Gasteiger partial charge in [-0.1, -0.05) is 30.3 Å². The fourth-order valence-electron chi connectivity index (χ4n) is 1.93. The number of benzene rings is 2. The zero-order valence-electron chi connectivity index (χ0n) is 12.3. The molecule has 0 aliphatic rings. The van der Waals surface area contributed by atoms with E-state index in [0.29, 0.717) is 6.54 Å². The van der Waals surface area contributed by atoms with Crippen LogP contribution in [0, 0.1) is 0 Å². The molecule has 3 heteroatoms. The number of rotatable bonds is 6. The molecule has 0 atom stereocenters. The van der Waals surface area contributed by atoms with E-state index in [9.17, 15) is 4.79 Å². The Morgan fingerprint density at radius 2 is 1.76 bits per heavy atom. The Balaban J connectivity index is 2.06. The van der Waals surface area contributed by atoms with Crippen LogP contribution in [0.5, 0.6) is 5.75 Å². The van der Waals surface area contributed by atoms with Crippen LogP contribution >= 0.6 is 0 Å². The van der Waals surface area contributed by atoms with Gasteiger partial charge in [0.2, 0.25) is 0 Å². The lowest BCUT2D eigenvalue weighted by molar-refractivity contribution is -0.113. The van der Waals surface area contributed by atoms with E-state index < -0.39 is 0 Å². The first-order valence-corrected chi connectivity index (χ1v) is 6.83. The maximum Gasteiger partial charge on any atom is 0.157 e. The summed E-state index contributed by atoms with van der Waals surface area (Å²) in [5.74, 6) is 0.882. The molecule has 0 fully saturated rings. The second-order valence-electron chi connectivity index (χ2n) is 4.72. The van der Waals surface area contributed by atoms with Gasteiger partial charge >= 0.3 is 0 Å². The van der Waals surface area contributed by atoms with Crippen LogP contribution in [-0.4, -0.2) is 19.4 Å². The normalized spacial score (nSPS) is 11.0. The second kappa shape index (κ2) is 7.29. The van der Waals surface area contributed by atoms with Gasteiger partial charge in [0.05, 0.1) is 7.11 Å². The van der Waals surface area contributed by atoms with E-state index in [1.807, 2.05) is 60.7 Å². The first kappa shape index (κ1) is 14.9. The molecule has 0 heterocycles. The lowest BCUT2D eigenvalue weighted by Gasteiger charge is -2.09. The van der Waals surface area contributed by atoms with Crippen molar-refractivity contribution in [3.63, 3.8) is 0 Å². The fraction of sp³-hybridized carbons (Fsp3) is 0.167. The average Bonchev–Trinajstić information content (AvgIpc) is 2.52. The topological polar surface area (TPSA) is 38.3 Å². The van der Waals surface area contributed by atoms with E-state index in [0.717, 1.165) is 22.6 Å². The molecule has 0 unspecified atom stereocenters. The van der Waals surface area contributed by atoms with E-state index in [-0.39, 0.29) is 5.78 Å². The molecule has 0 aliphatic carbocycles. The number of ketones is 1. The van der Waals surface area contributed by atoms with Crippen LogP contribution in [0.1, 0.15) is 12.5 Å². The predicted octanol–water partition coefficient (Wildman–Crippen LogP) is 3.78. The standard InChI is InChI=1S/C18H19NO2/c1-14(20)16(12-15-6-4-3-5-7-15)13-19-17-8-10-18(21-2)11-9-17/h3-12,19H,13H2,1-2H3/b16-12+. The van der Waals surface area contributed by atoms with Crippen molar-refractivity contribution in [2.45, 2.75) is 6.92 Å². The SMILES string of the molecule is COc1ccc(NC/C(=C\c2ccccc2)C(C)=O)cc1. The van der Waals surface area contributed by atoms with Crippen LogP contribution in [0.4, 0.5) is 5.69 Å². The Bertz CT molecular complexity index is 615. The molecule has 0 saturated heterocycles. The highest BCUT2D eigenvalue weighted by Crippen LogP contribution is 2.16. The molecule has 0 saturated carbocycles. The van der Waals surface area contributed by atoms with Crippen molar-refractivity contribution in [3.8, 4) is 5.75 Å². The molecule has 0 spiro atoms. The van der Waals surface area contributed by atoms with Crippen molar-refractivity contribution < 1.29 is 9.53 Å². The van der Waals surface area contributed by atoms with E-state index in [4.69, 9.17) is 4.74 Å². The minimum Gasteiger partial charge on any atom is -0.497 e. The van der Waals surface area contributed by atoms with E-state index in [2.05, 4.69) is 5.32 Å². The quantitative estimate of drug-likeness (QED) is 0.819. The number of methoxy groups -OCH3 is 1. The van der Waals surface area contributed by atoms with Crippen molar-refractivity contribution in [3.05, 3.63) is 65.7 Å². The second-order valence-corrected chi connectivity index (χ2v) is 4.72. The minimum atomic E-state index is 0.0693. The summed E-state index contributed by atoms with van der Waals surface area (Å²) in [4.78, 5) is 11.7. The van der Waals surface area contributed by atoms with Crippen molar-refractivity contribution in [2.24, 2.45) is 0 Å². The lowest BCUT2D eigenvalue weighted by atomic mass is 10.1. The molecule has 0 radical (unpaired) electrons. The molecule has 2 aromatic carbocycles. The molecule has 3 nitrogen and oxygen atoms in total. The summed E-state index contributed by atoms with van der Waals surface area (Å²) in [6.45, 7) is 2.08. The van der Waals surface area contributed by atoms with Gasteiger partial charge in [-0.25, -0.2) is 0 Å². The minimum absolute atomic E-state index is 0.0693. The van der Waals surface area contributed by atoms with Gasteiger partial charge in [-0.15, -0.1) is 0 Å². The zero-order valence-corrected chi connectivity index (χ0v) is 12.3. The Morgan fingerprint density at radius 3 is 2.33 bits per heavy atom. The third-order valence-electron chi connectivity index (χ3n) is 3.17. The number of hydrogen-bond acceptors (Lipinski definition) is 3. The molecular formula is C18H19NO2. The smallest absolute Gasteiger partial charge is 0.157 e. The van der Waals surface area contributed by atoms with Crippen LogP contribution in [0.25, 0.3) is 6.08 Å². The third kappa shape index (κ3) is 4.49. The van der Waals surface area contributed by atoms with Crippen molar-refractivity contribution in [2.75, 3.05) is 19.0 Å². The zero-order chi connectivity index (χ0) is 15.1. The molecule has 0 aromatic heterocycles. The molecule has 0 amide bonds. The van der Waals surface area contributed by atoms with Crippen LogP contribution in [-0.2, 0) is 4.79 Å². The average molecular weight is 281 g/mol. The molecule has 108 valence electrons. The van der Waals surface area contributed by atoms with Gasteiger partial charge < -0.3 is 10.1 Å². The van der Waals surface area contributed by atoms with Crippen LogP contribution < -0.4 is 10.1 Å². The van der Waals surface area contributed by atoms with Gasteiger partial charge in [0.25, 0.3) is 0 Å². The first-order chi connectivity index (χ1) is 10.2. The van der Waals surface area contributed by atoms with Crippen LogP contribution in [0.2, 0.25) is 0 Å². The van der Waals surface area contributed by atoms with Gasteiger partial charge in [-0.3, -0.25) is 4.79 Å². The molecule has 2 rings (SSSR count). The number of carbonyl (C=O) groups is 1.